The highest BCUT2D eigenvalue weighted by atomic mass is 35.5. The van der Waals surface area contributed by atoms with Crippen LogP contribution < -0.4 is 10.6 Å². The number of nitrogens with one attached hydrogen (secondary N) is 2. The van der Waals surface area contributed by atoms with Gasteiger partial charge in [-0.05, 0) is 64.7 Å². The van der Waals surface area contributed by atoms with E-state index in [4.69, 9.17) is 0 Å². The number of piperidine rings is 1. The van der Waals surface area contributed by atoms with E-state index in [0.717, 1.165) is 19.6 Å². The highest BCUT2D eigenvalue weighted by Gasteiger charge is 2.36. The van der Waals surface area contributed by atoms with Crippen molar-refractivity contribution < 1.29 is 4.79 Å². The van der Waals surface area contributed by atoms with Gasteiger partial charge in [0.15, 0.2) is 0 Å². The van der Waals surface area contributed by atoms with Crippen LogP contribution in [0.25, 0.3) is 0 Å². The van der Waals surface area contributed by atoms with Crippen LogP contribution in [0, 0.1) is 11.8 Å². The van der Waals surface area contributed by atoms with E-state index < -0.39 is 0 Å². The van der Waals surface area contributed by atoms with Crippen molar-refractivity contribution in [2.75, 3.05) is 33.7 Å². The predicted molar refractivity (Wildman–Crippen MR) is 102 cm³/mol. The molecule has 2 aliphatic rings. The summed E-state index contributed by atoms with van der Waals surface area (Å²) in [5, 5.41) is 6.66. The van der Waals surface area contributed by atoms with Gasteiger partial charge in [0.25, 0.3) is 0 Å². The second-order valence-corrected chi connectivity index (χ2v) is 7.39. The average Bonchev–Trinajstić information content (AvgIpc) is 2.96. The molecule has 0 aromatic heterocycles. The van der Waals surface area contributed by atoms with Crippen LogP contribution in [0.4, 0.5) is 0 Å². The van der Waals surface area contributed by atoms with Gasteiger partial charge in [0.1, 0.15) is 0 Å². The lowest BCUT2D eigenvalue weighted by atomic mass is 9.85. The molecule has 2 rings (SSSR count). The third kappa shape index (κ3) is 6.41. The molecule has 1 saturated carbocycles. The van der Waals surface area contributed by atoms with Crippen LogP contribution in [-0.2, 0) is 4.79 Å². The molecule has 2 fully saturated rings. The number of likely N-dealkylation sites (N-methyl/N-ethyl adjacent to an activating group) is 1. The van der Waals surface area contributed by atoms with Gasteiger partial charge < -0.3 is 15.5 Å². The first kappa shape index (κ1) is 23.0. The van der Waals surface area contributed by atoms with E-state index in [0.29, 0.717) is 18.3 Å². The lowest BCUT2D eigenvalue weighted by Gasteiger charge is -2.36. The molecule has 2 unspecified atom stereocenters. The van der Waals surface area contributed by atoms with Crippen molar-refractivity contribution in [3.05, 3.63) is 0 Å². The molecule has 6 heteroatoms. The Balaban J connectivity index is 0.00000242. The summed E-state index contributed by atoms with van der Waals surface area (Å²) >= 11 is 0. The Hall–Kier alpha value is -0.0300. The standard InChI is InChI=1S/C17H33N3O.2ClH/c1-14(15-7-6-10-18-12-15)11-16(21)19-13-17(20(2)3)8-4-5-9-17;;/h14-15,18H,4-13H2,1-3H3,(H,19,21);2*1H. The van der Waals surface area contributed by atoms with Crippen LogP contribution in [0.1, 0.15) is 51.9 Å². The molecule has 0 radical (unpaired) electrons. The number of rotatable bonds is 6. The average molecular weight is 368 g/mol. The summed E-state index contributed by atoms with van der Waals surface area (Å²) in [4.78, 5) is 14.6. The van der Waals surface area contributed by atoms with Crippen molar-refractivity contribution in [3.63, 3.8) is 0 Å². The molecule has 2 N–H and O–H groups in total. The van der Waals surface area contributed by atoms with Crippen LogP contribution >= 0.6 is 24.8 Å². The van der Waals surface area contributed by atoms with Crippen molar-refractivity contribution in [2.24, 2.45) is 11.8 Å². The number of hydrogen-bond donors (Lipinski definition) is 2. The lowest BCUT2D eigenvalue weighted by molar-refractivity contribution is -0.122. The lowest BCUT2D eigenvalue weighted by Crippen LogP contribution is -2.51. The zero-order valence-corrected chi connectivity index (χ0v) is 16.5. The van der Waals surface area contributed by atoms with Crippen molar-refractivity contribution >= 4 is 30.7 Å². The summed E-state index contributed by atoms with van der Waals surface area (Å²) in [5.41, 5.74) is 0.200. The number of nitrogens with zero attached hydrogens (tertiary/aromatic N) is 1. The van der Waals surface area contributed by atoms with Gasteiger partial charge in [-0.2, -0.15) is 0 Å². The number of carbonyl (C=O) groups excluding carboxylic acids is 1. The Bertz CT molecular complexity index is 341. The topological polar surface area (TPSA) is 44.4 Å². The maximum Gasteiger partial charge on any atom is 0.220 e. The third-order valence-electron chi connectivity index (χ3n) is 5.74. The minimum absolute atomic E-state index is 0. The van der Waals surface area contributed by atoms with E-state index >= 15 is 0 Å². The van der Waals surface area contributed by atoms with Gasteiger partial charge in [-0.3, -0.25) is 4.79 Å². The zero-order chi connectivity index (χ0) is 15.3. The SMILES string of the molecule is CC(CC(=O)NCC1(N(C)C)CCCC1)C1CCCNC1.Cl.Cl. The van der Waals surface area contributed by atoms with Gasteiger partial charge in [0, 0.05) is 18.5 Å². The van der Waals surface area contributed by atoms with Crippen molar-refractivity contribution in [3.8, 4) is 0 Å². The molecule has 0 aromatic carbocycles. The second-order valence-electron chi connectivity index (χ2n) is 7.39. The molecule has 2 atom stereocenters. The van der Waals surface area contributed by atoms with Gasteiger partial charge in [-0.25, -0.2) is 0 Å². The number of hydrogen-bond acceptors (Lipinski definition) is 3. The fourth-order valence-corrected chi connectivity index (χ4v) is 3.97. The summed E-state index contributed by atoms with van der Waals surface area (Å²) in [5.74, 6) is 1.39. The largest absolute Gasteiger partial charge is 0.354 e. The minimum atomic E-state index is 0. The first-order valence-electron chi connectivity index (χ1n) is 8.68. The predicted octanol–water partition coefficient (Wildman–Crippen LogP) is 2.85. The number of carbonyl (C=O) groups is 1. The van der Waals surface area contributed by atoms with Crippen molar-refractivity contribution in [1.29, 1.82) is 0 Å². The molecule has 1 amide bonds. The zero-order valence-electron chi connectivity index (χ0n) is 14.9. The highest BCUT2D eigenvalue weighted by Crippen LogP contribution is 2.33. The molecule has 4 nitrogen and oxygen atoms in total. The monoisotopic (exact) mass is 367 g/mol. The van der Waals surface area contributed by atoms with Crippen LogP contribution in [-0.4, -0.2) is 50.1 Å². The van der Waals surface area contributed by atoms with E-state index in [1.165, 1.54) is 38.5 Å². The summed E-state index contributed by atoms with van der Waals surface area (Å²) in [6, 6.07) is 0. The van der Waals surface area contributed by atoms with Gasteiger partial charge >= 0.3 is 0 Å². The van der Waals surface area contributed by atoms with Crippen LogP contribution in [0.3, 0.4) is 0 Å². The molecule has 23 heavy (non-hydrogen) atoms. The molecule has 0 aromatic rings. The maximum atomic E-state index is 12.3. The normalized spacial score (nSPS) is 24.4. The molecule has 1 saturated heterocycles. The molecule has 0 bridgehead atoms. The molecular formula is C17H35Cl2N3O. The molecule has 1 aliphatic heterocycles. The van der Waals surface area contributed by atoms with Gasteiger partial charge in [0.05, 0.1) is 0 Å². The van der Waals surface area contributed by atoms with Crippen LogP contribution in [0.15, 0.2) is 0 Å². The molecule has 138 valence electrons. The fraction of sp³-hybridized carbons (Fsp3) is 0.941. The van der Waals surface area contributed by atoms with E-state index in [1.807, 2.05) is 0 Å². The molecule has 0 spiro atoms. The fourth-order valence-electron chi connectivity index (χ4n) is 3.97. The van der Waals surface area contributed by atoms with E-state index in [1.54, 1.807) is 0 Å². The van der Waals surface area contributed by atoms with Crippen LogP contribution in [0.5, 0.6) is 0 Å². The Morgan fingerprint density at radius 3 is 2.43 bits per heavy atom. The Morgan fingerprint density at radius 2 is 1.91 bits per heavy atom. The molecular weight excluding hydrogens is 333 g/mol. The molecule has 1 aliphatic carbocycles. The highest BCUT2D eigenvalue weighted by molar-refractivity contribution is 5.85. The number of halogens is 2. The van der Waals surface area contributed by atoms with E-state index in [-0.39, 0.29) is 36.3 Å². The second kappa shape index (κ2) is 10.8. The number of amides is 1. The summed E-state index contributed by atoms with van der Waals surface area (Å²) in [7, 11) is 4.29. The van der Waals surface area contributed by atoms with Crippen molar-refractivity contribution in [2.45, 2.75) is 57.4 Å². The summed E-state index contributed by atoms with van der Waals surface area (Å²) < 4.78 is 0. The van der Waals surface area contributed by atoms with Gasteiger partial charge in [0.2, 0.25) is 5.91 Å². The minimum Gasteiger partial charge on any atom is -0.354 e. The van der Waals surface area contributed by atoms with E-state index in [9.17, 15) is 4.79 Å². The van der Waals surface area contributed by atoms with Crippen LogP contribution in [0.2, 0.25) is 0 Å². The smallest absolute Gasteiger partial charge is 0.220 e. The van der Waals surface area contributed by atoms with Gasteiger partial charge in [-0.1, -0.05) is 19.8 Å². The quantitative estimate of drug-likeness (QED) is 0.758. The summed E-state index contributed by atoms with van der Waals surface area (Å²) in [6.45, 7) is 5.26. The van der Waals surface area contributed by atoms with Gasteiger partial charge in [-0.15, -0.1) is 24.8 Å². The summed E-state index contributed by atoms with van der Waals surface area (Å²) in [6.07, 6.45) is 8.19. The Labute approximate surface area is 154 Å². The van der Waals surface area contributed by atoms with E-state index in [2.05, 4.69) is 36.6 Å². The first-order valence-corrected chi connectivity index (χ1v) is 8.68. The van der Waals surface area contributed by atoms with Crippen molar-refractivity contribution in [1.82, 2.24) is 15.5 Å². The third-order valence-corrected chi connectivity index (χ3v) is 5.74. The maximum absolute atomic E-state index is 12.3. The Morgan fingerprint density at radius 1 is 1.26 bits per heavy atom. The first-order chi connectivity index (χ1) is 10.0. The Kier molecular flexibility index (Phi) is 10.7. The molecule has 1 heterocycles.